The number of fused-ring (bicyclic) bond motifs is 1. The summed E-state index contributed by atoms with van der Waals surface area (Å²) in [7, 11) is 0. The number of carbonyl (C=O) groups excluding carboxylic acids is 2. The topological polar surface area (TPSA) is 85.1 Å². The van der Waals surface area contributed by atoms with Crippen molar-refractivity contribution in [3.05, 3.63) is 41.7 Å². The molecule has 0 unspecified atom stereocenters. The molecule has 0 saturated heterocycles. The number of Topliss-reactive ketones (excluding diaryl/α,β-unsaturated/α-hetero) is 1. The van der Waals surface area contributed by atoms with Crippen molar-refractivity contribution < 1.29 is 14.0 Å². The molecule has 7 heteroatoms. The molecular weight excluding hydrogens is 294 g/mol. The third kappa shape index (κ3) is 2.67. The third-order valence-electron chi connectivity index (χ3n) is 3.40. The first kappa shape index (κ1) is 13.8. The fourth-order valence-corrected chi connectivity index (χ4v) is 2.55. The predicted octanol–water partition coefficient (Wildman–Crippen LogP) is 2.16. The van der Waals surface area contributed by atoms with Crippen molar-refractivity contribution in [3.8, 4) is 0 Å². The van der Waals surface area contributed by atoms with E-state index in [0.717, 1.165) is 5.76 Å². The number of anilines is 1. The first-order chi connectivity index (χ1) is 10.2. The molecule has 0 bridgehead atoms. The molecule has 0 saturated carbocycles. The molecule has 0 fully saturated rings. The minimum absolute atomic E-state index is 0.0357. The molecular formula is C14H12ClN3O3. The van der Waals surface area contributed by atoms with Crippen molar-refractivity contribution in [2.24, 2.45) is 0 Å². The third-order valence-corrected chi connectivity index (χ3v) is 3.64. The lowest BCUT2D eigenvalue weighted by Gasteiger charge is -2.22. The Morgan fingerprint density at radius 2 is 2.29 bits per heavy atom. The van der Waals surface area contributed by atoms with E-state index in [1.54, 1.807) is 12.3 Å². The molecule has 1 aliphatic carbocycles. The zero-order valence-corrected chi connectivity index (χ0v) is 11.8. The van der Waals surface area contributed by atoms with E-state index in [1.165, 1.54) is 6.33 Å². The van der Waals surface area contributed by atoms with E-state index in [4.69, 9.17) is 16.0 Å². The maximum atomic E-state index is 12.4. The number of nitrogens with zero attached hydrogens (tertiary/aromatic N) is 2. The van der Waals surface area contributed by atoms with Crippen LogP contribution in [0.1, 0.15) is 34.2 Å². The van der Waals surface area contributed by atoms with Crippen LogP contribution in [0.3, 0.4) is 0 Å². The molecule has 1 amide bonds. The van der Waals surface area contributed by atoms with Gasteiger partial charge in [-0.2, -0.15) is 0 Å². The number of hydrogen-bond donors (Lipinski definition) is 1. The van der Waals surface area contributed by atoms with Crippen molar-refractivity contribution in [3.63, 3.8) is 0 Å². The van der Waals surface area contributed by atoms with Crippen LogP contribution in [0.15, 0.2) is 29.1 Å². The quantitative estimate of drug-likeness (QED) is 0.878. The highest BCUT2D eigenvalue weighted by atomic mass is 35.5. The zero-order chi connectivity index (χ0) is 14.8. The molecule has 0 aliphatic heterocycles. The second-order valence-corrected chi connectivity index (χ2v) is 5.04. The fourth-order valence-electron chi connectivity index (χ4n) is 2.49. The standard InChI is InChI=1S/C14H12ClN3O3/c15-6-12(20)18-14-13-9(16-7-17-14)4-8(5-10(13)19)11-2-1-3-21-11/h1-3,7-8H,4-6H2,(H,16,17,18,20)/t8-/m1/s1. The van der Waals surface area contributed by atoms with E-state index in [0.29, 0.717) is 24.1 Å². The first-order valence-electron chi connectivity index (χ1n) is 6.45. The van der Waals surface area contributed by atoms with Gasteiger partial charge in [-0.05, 0) is 12.1 Å². The monoisotopic (exact) mass is 305 g/mol. The SMILES string of the molecule is O=C(CCl)Nc1ncnc2c1C(=O)C[C@H](c1ccco1)C2. The van der Waals surface area contributed by atoms with Crippen molar-refractivity contribution in [1.82, 2.24) is 9.97 Å². The molecule has 108 valence electrons. The van der Waals surface area contributed by atoms with E-state index in [9.17, 15) is 9.59 Å². The summed E-state index contributed by atoms with van der Waals surface area (Å²) < 4.78 is 5.37. The fraction of sp³-hybridized carbons (Fsp3) is 0.286. The lowest BCUT2D eigenvalue weighted by molar-refractivity contribution is -0.113. The Labute approximate surface area is 125 Å². The van der Waals surface area contributed by atoms with Gasteiger partial charge in [0.25, 0.3) is 0 Å². The molecule has 0 aromatic carbocycles. The van der Waals surface area contributed by atoms with Gasteiger partial charge in [-0.15, -0.1) is 11.6 Å². The zero-order valence-electron chi connectivity index (χ0n) is 11.0. The number of carbonyl (C=O) groups is 2. The smallest absolute Gasteiger partial charge is 0.240 e. The first-order valence-corrected chi connectivity index (χ1v) is 6.98. The van der Waals surface area contributed by atoms with E-state index in [2.05, 4.69) is 15.3 Å². The molecule has 21 heavy (non-hydrogen) atoms. The Morgan fingerprint density at radius 1 is 1.43 bits per heavy atom. The highest BCUT2D eigenvalue weighted by Crippen LogP contribution is 2.34. The van der Waals surface area contributed by atoms with Gasteiger partial charge in [-0.3, -0.25) is 9.59 Å². The molecule has 2 aromatic heterocycles. The number of hydrogen-bond acceptors (Lipinski definition) is 5. The molecule has 6 nitrogen and oxygen atoms in total. The average molecular weight is 306 g/mol. The molecule has 3 rings (SSSR count). The van der Waals surface area contributed by atoms with Gasteiger partial charge in [-0.25, -0.2) is 9.97 Å². The summed E-state index contributed by atoms with van der Waals surface area (Å²) >= 11 is 5.46. The van der Waals surface area contributed by atoms with E-state index >= 15 is 0 Å². The van der Waals surface area contributed by atoms with Crippen LogP contribution in [0, 0.1) is 0 Å². The number of rotatable bonds is 3. The summed E-state index contributed by atoms with van der Waals surface area (Å²) in [6.07, 6.45) is 3.79. The summed E-state index contributed by atoms with van der Waals surface area (Å²) in [5, 5.41) is 2.53. The van der Waals surface area contributed by atoms with Crippen LogP contribution >= 0.6 is 11.6 Å². The number of aromatic nitrogens is 2. The number of nitrogens with one attached hydrogen (secondary N) is 1. The van der Waals surface area contributed by atoms with E-state index in [-0.39, 0.29) is 23.4 Å². The van der Waals surface area contributed by atoms with Crippen LogP contribution in [0.2, 0.25) is 0 Å². The number of amides is 1. The Morgan fingerprint density at radius 3 is 3.00 bits per heavy atom. The van der Waals surface area contributed by atoms with Gasteiger partial charge >= 0.3 is 0 Å². The number of alkyl halides is 1. The van der Waals surface area contributed by atoms with Crippen molar-refractivity contribution in [1.29, 1.82) is 0 Å². The number of furan rings is 1. The summed E-state index contributed by atoms with van der Waals surface area (Å²) in [6, 6.07) is 3.64. The molecule has 2 heterocycles. The van der Waals surface area contributed by atoms with Crippen LogP contribution in [-0.2, 0) is 11.2 Å². The van der Waals surface area contributed by atoms with Gasteiger partial charge < -0.3 is 9.73 Å². The molecule has 2 aromatic rings. The summed E-state index contributed by atoms with van der Waals surface area (Å²) in [4.78, 5) is 31.9. The lowest BCUT2D eigenvalue weighted by Crippen LogP contribution is -2.24. The minimum atomic E-state index is -0.404. The van der Waals surface area contributed by atoms with Crippen molar-refractivity contribution in [2.45, 2.75) is 18.8 Å². The summed E-state index contributed by atoms with van der Waals surface area (Å²) in [6.45, 7) is 0. The van der Waals surface area contributed by atoms with Crippen LogP contribution in [-0.4, -0.2) is 27.5 Å². The minimum Gasteiger partial charge on any atom is -0.469 e. The van der Waals surface area contributed by atoms with Gasteiger partial charge in [0, 0.05) is 18.8 Å². The van der Waals surface area contributed by atoms with Crippen molar-refractivity contribution >= 4 is 29.1 Å². The summed E-state index contributed by atoms with van der Waals surface area (Å²) in [5.74, 6) is 0.253. The highest BCUT2D eigenvalue weighted by Gasteiger charge is 2.31. The largest absolute Gasteiger partial charge is 0.469 e. The van der Waals surface area contributed by atoms with Gasteiger partial charge in [0.05, 0.1) is 17.5 Å². The highest BCUT2D eigenvalue weighted by molar-refractivity contribution is 6.29. The Kier molecular flexibility index (Phi) is 3.70. The van der Waals surface area contributed by atoms with Crippen molar-refractivity contribution in [2.75, 3.05) is 11.2 Å². The second kappa shape index (κ2) is 5.65. The maximum absolute atomic E-state index is 12.4. The van der Waals surface area contributed by atoms with E-state index < -0.39 is 5.91 Å². The van der Waals surface area contributed by atoms with Gasteiger partial charge in [0.2, 0.25) is 5.91 Å². The van der Waals surface area contributed by atoms with Crippen LogP contribution in [0.5, 0.6) is 0 Å². The van der Waals surface area contributed by atoms with Gasteiger partial charge in [-0.1, -0.05) is 0 Å². The Balaban J connectivity index is 1.94. The number of halogens is 1. The summed E-state index contributed by atoms with van der Waals surface area (Å²) in [5.41, 5.74) is 0.992. The molecule has 1 atom stereocenters. The van der Waals surface area contributed by atoms with Gasteiger partial charge in [0.1, 0.15) is 23.8 Å². The number of ketones is 1. The second-order valence-electron chi connectivity index (χ2n) is 4.77. The normalized spacial score (nSPS) is 17.4. The maximum Gasteiger partial charge on any atom is 0.240 e. The molecule has 0 spiro atoms. The molecule has 1 N–H and O–H groups in total. The molecule has 1 aliphatic rings. The predicted molar refractivity (Wildman–Crippen MR) is 75.5 cm³/mol. The molecule has 0 radical (unpaired) electrons. The van der Waals surface area contributed by atoms with Crippen LogP contribution in [0.25, 0.3) is 0 Å². The van der Waals surface area contributed by atoms with E-state index in [1.807, 2.05) is 6.07 Å². The Bertz CT molecular complexity index is 685. The lowest BCUT2D eigenvalue weighted by atomic mass is 9.84. The average Bonchev–Trinajstić information content (AvgIpc) is 3.01. The Hall–Kier alpha value is -2.21. The van der Waals surface area contributed by atoms with Crippen LogP contribution in [0.4, 0.5) is 5.82 Å². The van der Waals surface area contributed by atoms with Gasteiger partial charge in [0.15, 0.2) is 5.78 Å². The van der Waals surface area contributed by atoms with Crippen LogP contribution < -0.4 is 5.32 Å².